The van der Waals surface area contributed by atoms with Gasteiger partial charge in [-0.3, -0.25) is 0 Å². The van der Waals surface area contributed by atoms with E-state index in [1.54, 1.807) is 18.7 Å². The Hall–Kier alpha value is -1.78. The summed E-state index contributed by atoms with van der Waals surface area (Å²) in [4.78, 5) is 13.5. The molecule has 0 spiro atoms. The third-order valence-electron chi connectivity index (χ3n) is 1.38. The lowest BCUT2D eigenvalue weighted by Gasteiger charge is -1.86. The molecule has 5 heteroatoms. The predicted molar refractivity (Wildman–Crippen MR) is 40.6 cm³/mol. The molecule has 0 saturated carbocycles. The topological polar surface area (TPSA) is 83.4 Å². The monoisotopic (exact) mass is 149 g/mol. The van der Waals surface area contributed by atoms with Crippen LogP contribution in [0.1, 0.15) is 0 Å². The Bertz CT molecular complexity index is 333. The van der Waals surface area contributed by atoms with E-state index in [0.29, 0.717) is 5.95 Å². The van der Waals surface area contributed by atoms with E-state index in [1.807, 2.05) is 0 Å². The highest BCUT2D eigenvalue weighted by molar-refractivity contribution is 5.53. The lowest BCUT2D eigenvalue weighted by atomic mass is 10.4. The number of nitrogens with zero attached hydrogens (tertiary/aromatic N) is 2. The van der Waals surface area contributed by atoms with Crippen molar-refractivity contribution in [2.45, 2.75) is 0 Å². The summed E-state index contributed by atoms with van der Waals surface area (Å²) in [6.45, 7) is 0. The molecule has 5 nitrogen and oxygen atoms in total. The Morgan fingerprint density at radius 3 is 2.73 bits per heavy atom. The Morgan fingerprint density at radius 1 is 1.27 bits per heavy atom. The molecule has 2 rings (SSSR count). The summed E-state index contributed by atoms with van der Waals surface area (Å²) in [6, 6.07) is 0. The number of nitrogens with one attached hydrogen (secondary N) is 2. The van der Waals surface area contributed by atoms with Crippen LogP contribution in [-0.2, 0) is 0 Å². The number of nitrogens with two attached hydrogens (primary N) is 1. The maximum Gasteiger partial charge on any atom is 0.197 e. The lowest BCUT2D eigenvalue weighted by molar-refractivity contribution is 1.29. The summed E-state index contributed by atoms with van der Waals surface area (Å²) in [7, 11) is 0. The summed E-state index contributed by atoms with van der Waals surface area (Å²) in [5.74, 6) is 0.412. The number of hydrogen-bond donors (Lipinski definition) is 3. The molecular weight excluding hydrogens is 142 g/mol. The maximum atomic E-state index is 5.38. The van der Waals surface area contributed by atoms with Gasteiger partial charge in [-0.25, -0.2) is 9.97 Å². The Kier molecular flexibility index (Phi) is 1.15. The Morgan fingerprint density at radius 2 is 2.18 bits per heavy atom. The number of aromatic amines is 2. The summed E-state index contributed by atoms with van der Waals surface area (Å²) < 4.78 is 0. The maximum absolute atomic E-state index is 5.38. The van der Waals surface area contributed by atoms with Crippen molar-refractivity contribution in [2.75, 3.05) is 5.73 Å². The van der Waals surface area contributed by atoms with Gasteiger partial charge in [0.25, 0.3) is 0 Å². The van der Waals surface area contributed by atoms with Gasteiger partial charge in [0.2, 0.25) is 0 Å². The fourth-order valence-electron chi connectivity index (χ4n) is 0.877. The molecule has 0 radical (unpaired) electrons. The minimum atomic E-state index is 0.412. The van der Waals surface area contributed by atoms with Crippen LogP contribution in [0.15, 0.2) is 18.7 Å². The Balaban J connectivity index is 2.45. The first kappa shape index (κ1) is 5.96. The van der Waals surface area contributed by atoms with Crippen LogP contribution in [-0.4, -0.2) is 19.9 Å². The first-order chi connectivity index (χ1) is 5.36. The van der Waals surface area contributed by atoms with Gasteiger partial charge in [-0.2, -0.15) is 0 Å². The van der Waals surface area contributed by atoms with Crippen molar-refractivity contribution in [3.05, 3.63) is 18.7 Å². The molecule has 0 saturated heterocycles. The number of hydrogen-bond acceptors (Lipinski definition) is 3. The average molecular weight is 149 g/mol. The minimum Gasteiger partial charge on any atom is -0.369 e. The van der Waals surface area contributed by atoms with Crippen molar-refractivity contribution in [3.63, 3.8) is 0 Å². The van der Waals surface area contributed by atoms with Crippen LogP contribution in [0.5, 0.6) is 0 Å². The largest absolute Gasteiger partial charge is 0.369 e. The molecule has 56 valence electrons. The van der Waals surface area contributed by atoms with Crippen LogP contribution < -0.4 is 5.73 Å². The summed E-state index contributed by atoms with van der Waals surface area (Å²) in [5, 5.41) is 0. The predicted octanol–water partition coefficient (Wildman–Crippen LogP) is 0.382. The van der Waals surface area contributed by atoms with Gasteiger partial charge in [-0.05, 0) is 0 Å². The van der Waals surface area contributed by atoms with Gasteiger partial charge in [0.15, 0.2) is 5.95 Å². The quantitative estimate of drug-likeness (QED) is 0.548. The van der Waals surface area contributed by atoms with Crippen molar-refractivity contribution >= 4 is 5.95 Å². The van der Waals surface area contributed by atoms with Gasteiger partial charge >= 0.3 is 0 Å². The number of rotatable bonds is 1. The van der Waals surface area contributed by atoms with E-state index in [-0.39, 0.29) is 0 Å². The second-order valence-electron chi connectivity index (χ2n) is 2.15. The molecule has 2 aromatic rings. The zero-order valence-corrected chi connectivity index (χ0v) is 5.70. The first-order valence-corrected chi connectivity index (χ1v) is 3.15. The average Bonchev–Trinajstić information content (AvgIpc) is 2.55. The van der Waals surface area contributed by atoms with Crippen molar-refractivity contribution in [2.24, 2.45) is 0 Å². The molecule has 0 bridgehead atoms. The van der Waals surface area contributed by atoms with Crippen molar-refractivity contribution in [3.8, 4) is 11.4 Å². The van der Waals surface area contributed by atoms with E-state index >= 15 is 0 Å². The van der Waals surface area contributed by atoms with Gasteiger partial charge in [0.05, 0.1) is 30.1 Å². The van der Waals surface area contributed by atoms with Crippen LogP contribution in [0.3, 0.4) is 0 Å². The molecular formula is C6H7N5. The second-order valence-corrected chi connectivity index (χ2v) is 2.15. The number of H-pyrrole nitrogens is 2. The number of aromatic nitrogens is 4. The van der Waals surface area contributed by atoms with E-state index in [0.717, 1.165) is 11.4 Å². The van der Waals surface area contributed by atoms with E-state index in [2.05, 4.69) is 19.9 Å². The minimum absolute atomic E-state index is 0.412. The molecule has 2 heterocycles. The molecule has 0 aliphatic heterocycles. The summed E-state index contributed by atoms with van der Waals surface area (Å²) >= 11 is 0. The normalized spacial score (nSPS) is 10.2. The van der Waals surface area contributed by atoms with E-state index in [9.17, 15) is 0 Å². The Labute approximate surface area is 62.7 Å². The zero-order chi connectivity index (χ0) is 7.68. The van der Waals surface area contributed by atoms with Crippen LogP contribution in [0, 0.1) is 0 Å². The molecule has 0 aliphatic carbocycles. The van der Waals surface area contributed by atoms with E-state index in [4.69, 9.17) is 5.73 Å². The summed E-state index contributed by atoms with van der Waals surface area (Å²) in [5.41, 5.74) is 7.11. The lowest BCUT2D eigenvalue weighted by Crippen LogP contribution is -1.85. The second kappa shape index (κ2) is 2.12. The smallest absolute Gasteiger partial charge is 0.197 e. The number of anilines is 1. The SMILES string of the molecule is Nc1ncc(-c2cnc[nH]2)[nH]1. The molecule has 0 fully saturated rings. The van der Waals surface area contributed by atoms with Crippen molar-refractivity contribution < 1.29 is 0 Å². The standard InChI is InChI=1S/C6H7N5/c7-6-9-2-5(11-6)4-1-8-3-10-4/h1-3H,(H,8,10)(H3,7,9,11). The molecule has 4 N–H and O–H groups in total. The number of imidazole rings is 2. The first-order valence-electron chi connectivity index (χ1n) is 3.15. The van der Waals surface area contributed by atoms with Crippen molar-refractivity contribution in [1.82, 2.24) is 19.9 Å². The van der Waals surface area contributed by atoms with E-state index in [1.165, 1.54) is 0 Å². The van der Waals surface area contributed by atoms with Gasteiger partial charge < -0.3 is 15.7 Å². The van der Waals surface area contributed by atoms with Gasteiger partial charge in [0, 0.05) is 0 Å². The van der Waals surface area contributed by atoms with Crippen LogP contribution in [0.4, 0.5) is 5.95 Å². The molecule has 0 aromatic carbocycles. The highest BCUT2D eigenvalue weighted by Gasteiger charge is 2.00. The summed E-state index contributed by atoms with van der Waals surface area (Å²) in [6.07, 6.45) is 4.96. The zero-order valence-electron chi connectivity index (χ0n) is 5.70. The molecule has 2 aromatic heterocycles. The van der Waals surface area contributed by atoms with Crippen LogP contribution in [0.25, 0.3) is 11.4 Å². The van der Waals surface area contributed by atoms with Crippen LogP contribution in [0.2, 0.25) is 0 Å². The molecule has 0 unspecified atom stereocenters. The molecule has 0 atom stereocenters. The fourth-order valence-corrected chi connectivity index (χ4v) is 0.877. The third-order valence-corrected chi connectivity index (χ3v) is 1.38. The number of nitrogen functional groups attached to an aromatic ring is 1. The highest BCUT2D eigenvalue weighted by atomic mass is 15.0. The fraction of sp³-hybridized carbons (Fsp3) is 0. The molecule has 0 amide bonds. The van der Waals surface area contributed by atoms with Crippen molar-refractivity contribution in [1.29, 1.82) is 0 Å². The van der Waals surface area contributed by atoms with Gasteiger partial charge in [-0.1, -0.05) is 0 Å². The van der Waals surface area contributed by atoms with E-state index < -0.39 is 0 Å². The highest BCUT2D eigenvalue weighted by Crippen LogP contribution is 2.12. The molecule has 0 aliphatic rings. The molecule has 11 heavy (non-hydrogen) atoms. The van der Waals surface area contributed by atoms with Crippen LogP contribution >= 0.6 is 0 Å². The van der Waals surface area contributed by atoms with Gasteiger partial charge in [-0.15, -0.1) is 0 Å². The third kappa shape index (κ3) is 0.958. The van der Waals surface area contributed by atoms with Gasteiger partial charge in [0.1, 0.15) is 0 Å².